The number of halogens is 1. The number of hydrogen-bond acceptors (Lipinski definition) is 2. The van der Waals surface area contributed by atoms with Gasteiger partial charge in [0.1, 0.15) is 0 Å². The summed E-state index contributed by atoms with van der Waals surface area (Å²) in [6.07, 6.45) is 0.753. The Morgan fingerprint density at radius 1 is 1.04 bits per heavy atom. The average Bonchev–Trinajstić information content (AvgIpc) is 2.29. The van der Waals surface area contributed by atoms with Gasteiger partial charge in [-0.05, 0) is 56.7 Å². The third-order valence-corrected chi connectivity index (χ3v) is 3.60. The molecule has 0 fully saturated rings. The van der Waals surface area contributed by atoms with Crippen molar-refractivity contribution in [3.8, 4) is 0 Å². The highest BCUT2D eigenvalue weighted by atomic mass is 35.5. The highest BCUT2D eigenvalue weighted by Gasteiger charge is 2.29. The van der Waals surface area contributed by atoms with E-state index in [9.17, 15) is 9.59 Å². The van der Waals surface area contributed by atoms with E-state index in [2.05, 4.69) is 31.4 Å². The Morgan fingerprint density at radius 3 is 2.09 bits per heavy atom. The van der Waals surface area contributed by atoms with Crippen LogP contribution in [-0.4, -0.2) is 17.4 Å². The van der Waals surface area contributed by atoms with Gasteiger partial charge in [0.15, 0.2) is 0 Å². The van der Waals surface area contributed by atoms with Gasteiger partial charge in [-0.1, -0.05) is 38.4 Å². The first-order valence-electron chi connectivity index (χ1n) is 7.71. The molecule has 0 radical (unpaired) electrons. The lowest BCUT2D eigenvalue weighted by atomic mass is 9.82. The summed E-state index contributed by atoms with van der Waals surface area (Å²) in [6.45, 7) is 13.9. The summed E-state index contributed by atoms with van der Waals surface area (Å²) in [6, 6.07) is 3.66. The van der Waals surface area contributed by atoms with E-state index in [1.54, 1.807) is 6.07 Å². The molecule has 0 spiro atoms. The molecule has 5 heteroatoms. The van der Waals surface area contributed by atoms with Crippen LogP contribution >= 0.6 is 11.6 Å². The van der Waals surface area contributed by atoms with Crippen molar-refractivity contribution >= 4 is 29.1 Å². The largest absolute Gasteiger partial charge is 0.343 e. The zero-order valence-electron chi connectivity index (χ0n) is 15.1. The van der Waals surface area contributed by atoms with Crippen LogP contribution in [0.4, 0.5) is 5.69 Å². The zero-order chi connectivity index (χ0) is 18.0. The molecule has 2 amide bonds. The Bertz CT molecular complexity index is 593. The number of rotatable bonds is 3. The van der Waals surface area contributed by atoms with Gasteiger partial charge in [0.25, 0.3) is 0 Å². The van der Waals surface area contributed by atoms with E-state index in [0.717, 1.165) is 17.5 Å². The molecule has 0 bridgehead atoms. The molecule has 1 aromatic carbocycles. The zero-order valence-corrected chi connectivity index (χ0v) is 15.8. The number of amides is 2. The SMILES string of the molecule is Cc1cc(C)c(NC(=O)C(=O)NC(C)(C)CC(C)(C)C)c(Cl)c1. The van der Waals surface area contributed by atoms with Crippen molar-refractivity contribution in [2.45, 2.75) is 60.4 Å². The minimum Gasteiger partial charge on any atom is -0.343 e. The van der Waals surface area contributed by atoms with Crippen LogP contribution in [0.3, 0.4) is 0 Å². The first-order valence-corrected chi connectivity index (χ1v) is 8.09. The number of carbonyl (C=O) groups excluding carboxylic acids is 2. The van der Waals surface area contributed by atoms with Crippen molar-refractivity contribution in [3.05, 3.63) is 28.3 Å². The minimum absolute atomic E-state index is 0.0457. The Balaban J connectivity index is 2.81. The van der Waals surface area contributed by atoms with Crippen LogP contribution in [0, 0.1) is 19.3 Å². The molecule has 23 heavy (non-hydrogen) atoms. The highest BCUT2D eigenvalue weighted by Crippen LogP contribution is 2.28. The van der Waals surface area contributed by atoms with Crippen molar-refractivity contribution in [1.29, 1.82) is 0 Å². The fourth-order valence-electron chi connectivity index (χ4n) is 2.98. The Labute approximate surface area is 144 Å². The number of aryl methyl sites for hydroxylation is 2. The van der Waals surface area contributed by atoms with Gasteiger partial charge in [-0.25, -0.2) is 0 Å². The van der Waals surface area contributed by atoms with Crippen molar-refractivity contribution in [2.75, 3.05) is 5.32 Å². The summed E-state index contributed by atoms with van der Waals surface area (Å²) < 4.78 is 0. The lowest BCUT2D eigenvalue weighted by Gasteiger charge is -2.33. The molecule has 4 nitrogen and oxygen atoms in total. The standard InChI is InChI=1S/C18H27ClN2O2/c1-11-8-12(2)14(13(19)9-11)20-15(22)16(23)21-18(6,7)10-17(3,4)5/h8-9H,10H2,1-7H3,(H,20,22)(H,21,23). The van der Waals surface area contributed by atoms with Gasteiger partial charge in [-0.15, -0.1) is 0 Å². The predicted molar refractivity (Wildman–Crippen MR) is 95.8 cm³/mol. The topological polar surface area (TPSA) is 58.2 Å². The van der Waals surface area contributed by atoms with E-state index in [-0.39, 0.29) is 5.41 Å². The molecule has 0 aromatic heterocycles. The maximum atomic E-state index is 12.2. The third-order valence-electron chi connectivity index (χ3n) is 3.30. The molecule has 0 aliphatic carbocycles. The van der Waals surface area contributed by atoms with Gasteiger partial charge >= 0.3 is 11.8 Å². The second-order valence-electron chi connectivity index (χ2n) is 7.97. The summed E-state index contributed by atoms with van der Waals surface area (Å²) in [4.78, 5) is 24.3. The maximum Gasteiger partial charge on any atom is 0.313 e. The normalized spacial score (nSPS) is 12.0. The lowest BCUT2D eigenvalue weighted by molar-refractivity contribution is -0.137. The summed E-state index contributed by atoms with van der Waals surface area (Å²) in [5.74, 6) is -1.36. The molecule has 0 unspecified atom stereocenters. The van der Waals surface area contributed by atoms with Gasteiger partial charge in [-0.2, -0.15) is 0 Å². The number of nitrogens with one attached hydrogen (secondary N) is 2. The molecule has 0 heterocycles. The summed E-state index contributed by atoms with van der Waals surface area (Å²) in [5.41, 5.74) is 1.88. The van der Waals surface area contributed by atoms with E-state index in [1.807, 2.05) is 33.8 Å². The molecule has 0 aliphatic rings. The van der Waals surface area contributed by atoms with E-state index in [0.29, 0.717) is 10.7 Å². The smallest absolute Gasteiger partial charge is 0.313 e. The number of anilines is 1. The van der Waals surface area contributed by atoms with E-state index in [4.69, 9.17) is 11.6 Å². The molecule has 1 rings (SSSR count). The van der Waals surface area contributed by atoms with Gasteiger partial charge in [0.05, 0.1) is 10.7 Å². The van der Waals surface area contributed by atoms with Crippen LogP contribution < -0.4 is 10.6 Å². The first-order chi connectivity index (χ1) is 10.3. The van der Waals surface area contributed by atoms with Crippen LogP contribution in [0.25, 0.3) is 0 Å². The van der Waals surface area contributed by atoms with Crippen molar-refractivity contribution in [1.82, 2.24) is 5.32 Å². The van der Waals surface area contributed by atoms with Gasteiger partial charge in [0.2, 0.25) is 0 Å². The molecule has 1 aromatic rings. The molecule has 0 saturated heterocycles. The van der Waals surface area contributed by atoms with Crippen LogP contribution in [-0.2, 0) is 9.59 Å². The maximum absolute atomic E-state index is 12.2. The molecular weight excluding hydrogens is 312 g/mol. The fourth-order valence-corrected chi connectivity index (χ4v) is 3.35. The Kier molecular flexibility index (Phi) is 5.86. The minimum atomic E-state index is -0.708. The monoisotopic (exact) mass is 338 g/mol. The van der Waals surface area contributed by atoms with Gasteiger partial charge in [-0.3, -0.25) is 9.59 Å². The van der Waals surface area contributed by atoms with Crippen LogP contribution in [0.1, 0.15) is 52.2 Å². The van der Waals surface area contributed by atoms with Gasteiger partial charge in [0, 0.05) is 5.54 Å². The van der Waals surface area contributed by atoms with E-state index >= 15 is 0 Å². The lowest BCUT2D eigenvalue weighted by Crippen LogP contribution is -2.49. The summed E-state index contributed by atoms with van der Waals surface area (Å²) >= 11 is 6.16. The number of carbonyl (C=O) groups is 2. The van der Waals surface area contributed by atoms with Crippen LogP contribution in [0.5, 0.6) is 0 Å². The second kappa shape index (κ2) is 6.91. The molecule has 0 atom stereocenters. The van der Waals surface area contributed by atoms with E-state index in [1.165, 1.54) is 0 Å². The molecular formula is C18H27ClN2O2. The van der Waals surface area contributed by atoms with Crippen molar-refractivity contribution in [2.24, 2.45) is 5.41 Å². The van der Waals surface area contributed by atoms with Crippen molar-refractivity contribution < 1.29 is 9.59 Å². The van der Waals surface area contributed by atoms with Crippen LogP contribution in [0.15, 0.2) is 12.1 Å². The second-order valence-corrected chi connectivity index (χ2v) is 8.38. The van der Waals surface area contributed by atoms with Gasteiger partial charge < -0.3 is 10.6 Å². The van der Waals surface area contributed by atoms with E-state index < -0.39 is 17.4 Å². The average molecular weight is 339 g/mol. The molecule has 0 aliphatic heterocycles. The molecule has 128 valence electrons. The van der Waals surface area contributed by atoms with Crippen LogP contribution in [0.2, 0.25) is 5.02 Å². The number of benzene rings is 1. The predicted octanol–water partition coefficient (Wildman–Crippen LogP) is 4.23. The Hall–Kier alpha value is -1.55. The molecule has 0 saturated carbocycles. The number of hydrogen-bond donors (Lipinski definition) is 2. The van der Waals surface area contributed by atoms with Crippen molar-refractivity contribution in [3.63, 3.8) is 0 Å². The summed E-state index contributed by atoms with van der Waals surface area (Å²) in [5, 5.41) is 5.83. The fraction of sp³-hybridized carbons (Fsp3) is 0.556. The quantitative estimate of drug-likeness (QED) is 0.810. The molecule has 2 N–H and O–H groups in total. The third kappa shape index (κ3) is 6.22. The highest BCUT2D eigenvalue weighted by molar-refractivity contribution is 6.41. The first kappa shape index (κ1) is 19.5. The Morgan fingerprint density at radius 2 is 1.61 bits per heavy atom. The summed E-state index contributed by atoms with van der Waals surface area (Å²) in [7, 11) is 0.